The molecule has 172 valence electrons. The van der Waals surface area contributed by atoms with Crippen LogP contribution in [0.2, 0.25) is 0 Å². The van der Waals surface area contributed by atoms with Gasteiger partial charge < -0.3 is 15.2 Å². The second-order valence-corrected chi connectivity index (χ2v) is 8.12. The number of rotatable bonds is 6. The third kappa shape index (κ3) is 4.05. The number of amides is 4. The highest BCUT2D eigenvalue weighted by molar-refractivity contribution is 6.07. The zero-order valence-electron chi connectivity index (χ0n) is 18.3. The normalized spacial score (nSPS) is 22.1. The Bertz CT molecular complexity index is 1130. The Morgan fingerprint density at radius 3 is 2.76 bits per heavy atom. The monoisotopic (exact) mass is 452 g/mol. The Morgan fingerprint density at radius 2 is 2.09 bits per heavy atom. The number of aromatic nitrogens is 1. The molecule has 2 aliphatic rings. The summed E-state index contributed by atoms with van der Waals surface area (Å²) in [5.74, 6) is -1.41. The molecule has 1 fully saturated rings. The van der Waals surface area contributed by atoms with Gasteiger partial charge in [0.1, 0.15) is 5.54 Å². The van der Waals surface area contributed by atoms with Crippen LogP contribution >= 0.6 is 0 Å². The molecule has 1 saturated heterocycles. The second kappa shape index (κ2) is 8.62. The van der Waals surface area contributed by atoms with Gasteiger partial charge in [-0.2, -0.15) is 0 Å². The largest absolute Gasteiger partial charge is 0.478 e. The number of carbonyl (C=O) groups excluding carboxylic acids is 4. The molecule has 1 unspecified atom stereocenters. The van der Waals surface area contributed by atoms with Crippen LogP contribution in [0.4, 0.5) is 0 Å². The Hall–Kier alpha value is -3.79. The van der Waals surface area contributed by atoms with Gasteiger partial charge in [-0.1, -0.05) is 6.07 Å². The van der Waals surface area contributed by atoms with Crippen LogP contribution in [0.5, 0.6) is 5.88 Å². The fourth-order valence-corrected chi connectivity index (χ4v) is 4.06. The summed E-state index contributed by atoms with van der Waals surface area (Å²) in [5, 5.41) is 15.9. The first-order chi connectivity index (χ1) is 15.7. The standard InChI is InChI=1S/C23H24N4O6/c1-3-33-18-7-5-14(12-24-18)19(29)25-11-13-4-6-15-16(10-13)21(31)27(20(15)30)23(2)9-8-17(28)26-22(23)32/h4-7,10,12,21,31H,3,8-9,11H2,1-2H3,(H,25,29)(H,26,28,32)/t21?,23-/m0/s1. The van der Waals surface area contributed by atoms with Crippen LogP contribution < -0.4 is 15.4 Å². The van der Waals surface area contributed by atoms with E-state index in [1.807, 2.05) is 6.92 Å². The van der Waals surface area contributed by atoms with Crippen molar-refractivity contribution in [2.45, 2.75) is 45.0 Å². The average molecular weight is 452 g/mol. The van der Waals surface area contributed by atoms with Crippen LogP contribution in [0.3, 0.4) is 0 Å². The van der Waals surface area contributed by atoms with Gasteiger partial charge in [0, 0.05) is 36.4 Å². The number of ether oxygens (including phenoxy) is 1. The van der Waals surface area contributed by atoms with E-state index in [1.54, 1.807) is 30.3 Å². The van der Waals surface area contributed by atoms with E-state index >= 15 is 0 Å². The quantitative estimate of drug-likeness (QED) is 0.557. The van der Waals surface area contributed by atoms with Gasteiger partial charge in [-0.3, -0.25) is 29.4 Å². The molecular formula is C23H24N4O6. The Kier molecular flexibility index (Phi) is 5.86. The lowest BCUT2D eigenvalue weighted by Crippen LogP contribution is -2.62. The summed E-state index contributed by atoms with van der Waals surface area (Å²) in [6.07, 6.45) is 0.270. The topological polar surface area (TPSA) is 138 Å². The summed E-state index contributed by atoms with van der Waals surface area (Å²) in [6, 6.07) is 8.09. The molecule has 2 aromatic rings. The second-order valence-electron chi connectivity index (χ2n) is 8.12. The van der Waals surface area contributed by atoms with E-state index in [2.05, 4.69) is 15.6 Å². The van der Waals surface area contributed by atoms with Crippen LogP contribution in [0.15, 0.2) is 36.5 Å². The van der Waals surface area contributed by atoms with Gasteiger partial charge in [0.05, 0.1) is 12.2 Å². The van der Waals surface area contributed by atoms with Gasteiger partial charge in [-0.05, 0) is 44.0 Å². The van der Waals surface area contributed by atoms with Crippen molar-refractivity contribution in [2.24, 2.45) is 0 Å². The first kappa shape index (κ1) is 22.4. The molecule has 3 N–H and O–H groups in total. The number of aliphatic hydroxyl groups excluding tert-OH is 1. The molecule has 4 amide bonds. The number of fused-ring (bicyclic) bond motifs is 1. The number of nitrogens with one attached hydrogen (secondary N) is 2. The van der Waals surface area contributed by atoms with E-state index < -0.39 is 29.5 Å². The number of piperidine rings is 1. The molecule has 4 rings (SSSR count). The summed E-state index contributed by atoms with van der Waals surface area (Å²) < 4.78 is 5.26. The van der Waals surface area contributed by atoms with Crippen molar-refractivity contribution < 1.29 is 29.0 Å². The molecule has 0 saturated carbocycles. The van der Waals surface area contributed by atoms with E-state index in [4.69, 9.17) is 4.74 Å². The SMILES string of the molecule is CCOc1ccc(C(=O)NCc2ccc3c(c2)C(O)N([C@@]2(C)CCC(=O)NC2=O)C3=O)cn1. The maximum atomic E-state index is 13.0. The maximum Gasteiger partial charge on any atom is 0.257 e. The van der Waals surface area contributed by atoms with Crippen LogP contribution in [-0.2, 0) is 16.1 Å². The lowest BCUT2D eigenvalue weighted by molar-refractivity contribution is -0.147. The lowest BCUT2D eigenvalue weighted by Gasteiger charge is -2.41. The zero-order valence-corrected chi connectivity index (χ0v) is 18.3. The van der Waals surface area contributed by atoms with Crippen molar-refractivity contribution in [1.29, 1.82) is 0 Å². The third-order valence-corrected chi connectivity index (χ3v) is 5.94. The summed E-state index contributed by atoms with van der Waals surface area (Å²) in [5.41, 5.74) is 0.313. The van der Waals surface area contributed by atoms with Gasteiger partial charge in [0.25, 0.3) is 17.7 Å². The molecule has 10 nitrogen and oxygen atoms in total. The highest BCUT2D eigenvalue weighted by atomic mass is 16.5. The highest BCUT2D eigenvalue weighted by Crippen LogP contribution is 2.40. The molecule has 0 bridgehead atoms. The smallest absolute Gasteiger partial charge is 0.257 e. The fourth-order valence-electron chi connectivity index (χ4n) is 4.06. The molecule has 0 spiro atoms. The molecular weight excluding hydrogens is 428 g/mol. The molecule has 33 heavy (non-hydrogen) atoms. The summed E-state index contributed by atoms with van der Waals surface area (Å²) >= 11 is 0. The Labute approximate surface area is 189 Å². The van der Waals surface area contributed by atoms with Gasteiger partial charge in [-0.15, -0.1) is 0 Å². The number of hydrogen-bond acceptors (Lipinski definition) is 7. The lowest BCUT2D eigenvalue weighted by atomic mass is 9.89. The van der Waals surface area contributed by atoms with Crippen molar-refractivity contribution in [1.82, 2.24) is 20.5 Å². The summed E-state index contributed by atoms with van der Waals surface area (Å²) in [7, 11) is 0. The minimum absolute atomic E-state index is 0.0762. The number of hydrogen-bond donors (Lipinski definition) is 3. The third-order valence-electron chi connectivity index (χ3n) is 5.94. The fraction of sp³-hybridized carbons (Fsp3) is 0.348. The maximum absolute atomic E-state index is 13.0. The number of nitrogens with zero attached hydrogens (tertiary/aromatic N) is 2. The molecule has 1 aromatic carbocycles. The van der Waals surface area contributed by atoms with E-state index in [1.165, 1.54) is 13.1 Å². The van der Waals surface area contributed by atoms with Crippen LogP contribution in [0, 0.1) is 0 Å². The van der Waals surface area contributed by atoms with Crippen LogP contribution in [-0.4, -0.2) is 50.8 Å². The first-order valence-corrected chi connectivity index (χ1v) is 10.6. The van der Waals surface area contributed by atoms with Crippen LogP contribution in [0.1, 0.15) is 64.8 Å². The molecule has 2 aliphatic heterocycles. The average Bonchev–Trinajstić information content (AvgIpc) is 3.05. The van der Waals surface area contributed by atoms with E-state index in [0.29, 0.717) is 29.2 Å². The van der Waals surface area contributed by atoms with Crippen molar-refractivity contribution in [3.8, 4) is 5.88 Å². The minimum Gasteiger partial charge on any atom is -0.478 e. The van der Waals surface area contributed by atoms with Crippen LogP contribution in [0.25, 0.3) is 0 Å². The number of pyridine rings is 1. The van der Waals surface area contributed by atoms with E-state index in [0.717, 1.165) is 4.90 Å². The first-order valence-electron chi connectivity index (χ1n) is 10.6. The number of imide groups is 1. The van der Waals surface area contributed by atoms with E-state index in [9.17, 15) is 24.3 Å². The van der Waals surface area contributed by atoms with Gasteiger partial charge in [0.2, 0.25) is 11.8 Å². The predicted octanol–water partition coefficient (Wildman–Crippen LogP) is 1.05. The zero-order chi connectivity index (χ0) is 23.8. The van der Waals surface area contributed by atoms with Crippen molar-refractivity contribution in [3.63, 3.8) is 0 Å². The Balaban J connectivity index is 1.47. The number of benzene rings is 1. The molecule has 2 atom stereocenters. The molecule has 1 aromatic heterocycles. The predicted molar refractivity (Wildman–Crippen MR) is 115 cm³/mol. The summed E-state index contributed by atoms with van der Waals surface area (Å²) in [4.78, 5) is 54.6. The van der Waals surface area contributed by atoms with E-state index in [-0.39, 0.29) is 30.9 Å². The van der Waals surface area contributed by atoms with Gasteiger partial charge in [0.15, 0.2) is 6.23 Å². The van der Waals surface area contributed by atoms with Crippen molar-refractivity contribution in [2.75, 3.05) is 6.61 Å². The molecule has 3 heterocycles. The molecule has 0 aliphatic carbocycles. The Morgan fingerprint density at radius 1 is 1.30 bits per heavy atom. The van der Waals surface area contributed by atoms with Crippen molar-refractivity contribution in [3.05, 3.63) is 58.8 Å². The molecule has 0 radical (unpaired) electrons. The van der Waals surface area contributed by atoms with Gasteiger partial charge >= 0.3 is 0 Å². The summed E-state index contributed by atoms with van der Waals surface area (Å²) in [6.45, 7) is 4.01. The molecule has 10 heteroatoms. The van der Waals surface area contributed by atoms with Crippen molar-refractivity contribution >= 4 is 23.6 Å². The minimum atomic E-state index is -1.35. The van der Waals surface area contributed by atoms with Gasteiger partial charge in [-0.25, -0.2) is 4.98 Å². The highest BCUT2D eigenvalue weighted by Gasteiger charge is 2.52. The number of aliphatic hydroxyl groups is 1. The number of carbonyl (C=O) groups is 4.